The minimum Gasteiger partial charge on any atom is -0.299 e. The Kier molecular flexibility index (Phi) is 5.47. The number of Topliss-reactive ketones (excluding diaryl/α,β-unsaturated/α-hetero) is 2. The monoisotopic (exact) mass is 328 g/mol. The van der Waals surface area contributed by atoms with E-state index >= 15 is 0 Å². The lowest BCUT2D eigenvalue weighted by molar-refractivity contribution is -0.118. The number of rotatable bonds is 8. The number of piperazine rings is 1. The highest BCUT2D eigenvalue weighted by Gasteiger charge is 2.42. The molecule has 2 atom stereocenters. The molecule has 0 radical (unpaired) electrons. The summed E-state index contributed by atoms with van der Waals surface area (Å²) >= 11 is 0. The van der Waals surface area contributed by atoms with Gasteiger partial charge in [-0.05, 0) is 44.4 Å². The summed E-state index contributed by atoms with van der Waals surface area (Å²) in [5, 5.41) is 0. The van der Waals surface area contributed by atoms with Crippen molar-refractivity contribution in [3.63, 3.8) is 0 Å². The summed E-state index contributed by atoms with van der Waals surface area (Å²) in [6.07, 6.45) is 3.93. The Morgan fingerprint density at radius 3 is 2.58 bits per heavy atom. The molecule has 4 nitrogen and oxygen atoms in total. The molecule has 24 heavy (non-hydrogen) atoms. The number of nitrogens with zero attached hydrogens (tertiary/aromatic N) is 2. The lowest BCUT2D eigenvalue weighted by atomic mass is 10.0. The first kappa shape index (κ1) is 17.3. The number of ketones is 2. The fourth-order valence-corrected chi connectivity index (χ4v) is 4.18. The highest BCUT2D eigenvalue weighted by atomic mass is 16.1. The van der Waals surface area contributed by atoms with Gasteiger partial charge in [-0.15, -0.1) is 0 Å². The summed E-state index contributed by atoms with van der Waals surface area (Å²) in [7, 11) is 0. The molecular weight excluding hydrogens is 300 g/mol. The van der Waals surface area contributed by atoms with Gasteiger partial charge in [0.25, 0.3) is 0 Å². The Hall–Kier alpha value is -1.52. The van der Waals surface area contributed by atoms with E-state index in [0.29, 0.717) is 25.0 Å². The third-order valence-corrected chi connectivity index (χ3v) is 5.37. The number of hydrogen-bond donors (Lipinski definition) is 0. The number of hydrogen-bond acceptors (Lipinski definition) is 4. The number of benzene rings is 1. The fourth-order valence-electron chi connectivity index (χ4n) is 4.18. The lowest BCUT2D eigenvalue weighted by Gasteiger charge is -2.33. The van der Waals surface area contributed by atoms with Gasteiger partial charge in [0.15, 0.2) is 5.78 Å². The zero-order chi connectivity index (χ0) is 17.1. The number of fused-ring (bicyclic) bond motifs is 2. The van der Waals surface area contributed by atoms with Crippen LogP contribution in [0.5, 0.6) is 0 Å². The van der Waals surface area contributed by atoms with E-state index in [1.165, 1.54) is 12.0 Å². The van der Waals surface area contributed by atoms with Crippen LogP contribution in [0, 0.1) is 0 Å². The Bertz CT molecular complexity index is 613. The molecule has 2 heterocycles. The van der Waals surface area contributed by atoms with E-state index in [4.69, 9.17) is 0 Å². The van der Waals surface area contributed by atoms with Gasteiger partial charge in [0.05, 0.1) is 6.54 Å². The van der Waals surface area contributed by atoms with Crippen molar-refractivity contribution < 1.29 is 9.59 Å². The summed E-state index contributed by atoms with van der Waals surface area (Å²) < 4.78 is 0. The maximum absolute atomic E-state index is 11.8. The van der Waals surface area contributed by atoms with Crippen molar-refractivity contribution in [3.8, 4) is 0 Å². The van der Waals surface area contributed by atoms with Gasteiger partial charge >= 0.3 is 0 Å². The molecule has 0 saturated carbocycles. The smallest absolute Gasteiger partial charge is 0.162 e. The fraction of sp³-hybridized carbons (Fsp3) is 0.600. The van der Waals surface area contributed by atoms with Gasteiger partial charge in [-0.1, -0.05) is 25.1 Å². The van der Waals surface area contributed by atoms with Crippen molar-refractivity contribution in [3.05, 3.63) is 35.4 Å². The molecule has 0 amide bonds. The van der Waals surface area contributed by atoms with E-state index in [9.17, 15) is 9.59 Å². The molecule has 1 aromatic carbocycles. The molecule has 0 N–H and O–H groups in total. The molecule has 2 saturated heterocycles. The third kappa shape index (κ3) is 3.93. The highest BCUT2D eigenvalue weighted by molar-refractivity contribution is 5.95. The summed E-state index contributed by atoms with van der Waals surface area (Å²) in [6.45, 7) is 7.47. The van der Waals surface area contributed by atoms with E-state index in [0.717, 1.165) is 38.0 Å². The third-order valence-electron chi connectivity index (χ3n) is 5.37. The molecule has 0 aromatic heterocycles. The molecule has 2 aliphatic heterocycles. The van der Waals surface area contributed by atoms with Gasteiger partial charge in [0.1, 0.15) is 5.78 Å². The standard InChI is InChI=1S/C20H28N2O2/c1-3-20(24)17-8-4-6-16(10-17)7-5-9-21-13-19-11-18(21)14-22(19)12-15(2)23/h4,6,8,10,18-19H,3,5,7,9,11-14H2,1-2H3. The Morgan fingerprint density at radius 1 is 1.17 bits per heavy atom. The van der Waals surface area contributed by atoms with Crippen LogP contribution in [0.3, 0.4) is 0 Å². The normalized spacial score (nSPS) is 23.8. The molecule has 2 aliphatic rings. The molecule has 4 heteroatoms. The van der Waals surface area contributed by atoms with Gasteiger partial charge < -0.3 is 0 Å². The van der Waals surface area contributed by atoms with Crippen molar-refractivity contribution in [2.24, 2.45) is 0 Å². The van der Waals surface area contributed by atoms with Gasteiger partial charge in [0, 0.05) is 37.2 Å². The van der Waals surface area contributed by atoms with E-state index in [-0.39, 0.29) is 11.6 Å². The van der Waals surface area contributed by atoms with Crippen molar-refractivity contribution in [1.29, 1.82) is 0 Å². The van der Waals surface area contributed by atoms with Crippen LogP contribution in [0.1, 0.15) is 49.0 Å². The second-order valence-corrected chi connectivity index (χ2v) is 7.25. The summed E-state index contributed by atoms with van der Waals surface area (Å²) in [6, 6.07) is 9.29. The van der Waals surface area contributed by atoms with Crippen LogP contribution in [0.2, 0.25) is 0 Å². The second kappa shape index (κ2) is 7.58. The summed E-state index contributed by atoms with van der Waals surface area (Å²) in [5.41, 5.74) is 2.10. The first-order valence-electron chi connectivity index (χ1n) is 9.16. The minimum absolute atomic E-state index is 0.222. The quantitative estimate of drug-likeness (QED) is 0.688. The predicted molar refractivity (Wildman–Crippen MR) is 95.4 cm³/mol. The van der Waals surface area contributed by atoms with E-state index in [2.05, 4.69) is 21.9 Å². The Morgan fingerprint density at radius 2 is 1.92 bits per heavy atom. The SMILES string of the molecule is CCC(=O)c1cccc(CCCN2CC3CC2CN3CC(C)=O)c1. The van der Waals surface area contributed by atoms with Crippen LogP contribution in [0.4, 0.5) is 0 Å². The van der Waals surface area contributed by atoms with Gasteiger partial charge in [-0.25, -0.2) is 0 Å². The zero-order valence-electron chi connectivity index (χ0n) is 14.8. The highest BCUT2D eigenvalue weighted by Crippen LogP contribution is 2.30. The van der Waals surface area contributed by atoms with E-state index in [1.54, 1.807) is 6.92 Å². The van der Waals surface area contributed by atoms with Crippen LogP contribution in [0.15, 0.2) is 24.3 Å². The minimum atomic E-state index is 0.222. The van der Waals surface area contributed by atoms with E-state index in [1.807, 2.05) is 19.1 Å². The average molecular weight is 328 g/mol. The molecule has 3 rings (SSSR count). The Labute approximate surface area is 144 Å². The largest absolute Gasteiger partial charge is 0.299 e. The maximum atomic E-state index is 11.8. The molecule has 0 aliphatic carbocycles. The molecule has 2 bridgehead atoms. The predicted octanol–water partition coefficient (Wildman–Crippen LogP) is 2.56. The van der Waals surface area contributed by atoms with Crippen molar-refractivity contribution in [2.75, 3.05) is 26.2 Å². The number of carbonyl (C=O) groups excluding carboxylic acids is 2. The van der Waals surface area contributed by atoms with Crippen LogP contribution in [-0.4, -0.2) is 59.6 Å². The summed E-state index contributed by atoms with van der Waals surface area (Å²) in [4.78, 5) is 28.0. The lowest BCUT2D eigenvalue weighted by Crippen LogP contribution is -2.47. The van der Waals surface area contributed by atoms with Gasteiger partial charge in [0.2, 0.25) is 0 Å². The van der Waals surface area contributed by atoms with E-state index < -0.39 is 0 Å². The number of aryl methyl sites for hydroxylation is 1. The molecular formula is C20H28N2O2. The summed E-state index contributed by atoms with van der Waals surface area (Å²) in [5.74, 6) is 0.495. The van der Waals surface area contributed by atoms with Crippen LogP contribution in [-0.2, 0) is 11.2 Å². The zero-order valence-corrected chi connectivity index (χ0v) is 14.8. The van der Waals surface area contributed by atoms with Crippen molar-refractivity contribution in [1.82, 2.24) is 9.80 Å². The van der Waals surface area contributed by atoms with Crippen LogP contribution < -0.4 is 0 Å². The van der Waals surface area contributed by atoms with Gasteiger partial charge in [-0.2, -0.15) is 0 Å². The van der Waals surface area contributed by atoms with Crippen LogP contribution >= 0.6 is 0 Å². The molecule has 0 spiro atoms. The maximum Gasteiger partial charge on any atom is 0.162 e. The first-order chi connectivity index (χ1) is 11.6. The van der Waals surface area contributed by atoms with Crippen molar-refractivity contribution >= 4 is 11.6 Å². The molecule has 2 fully saturated rings. The molecule has 2 unspecified atom stereocenters. The Balaban J connectivity index is 1.45. The number of carbonyl (C=O) groups is 2. The first-order valence-corrected chi connectivity index (χ1v) is 9.16. The average Bonchev–Trinajstić information content (AvgIpc) is 3.13. The van der Waals surface area contributed by atoms with Gasteiger partial charge in [-0.3, -0.25) is 19.4 Å². The molecule has 130 valence electrons. The van der Waals surface area contributed by atoms with Crippen molar-refractivity contribution in [2.45, 2.75) is 51.6 Å². The number of likely N-dealkylation sites (tertiary alicyclic amines) is 2. The molecule has 1 aromatic rings. The second-order valence-electron chi connectivity index (χ2n) is 7.25. The van der Waals surface area contributed by atoms with Crippen LogP contribution in [0.25, 0.3) is 0 Å². The topological polar surface area (TPSA) is 40.6 Å².